The van der Waals surface area contributed by atoms with Gasteiger partial charge < -0.3 is 0 Å². The predicted molar refractivity (Wildman–Crippen MR) is 79.3 cm³/mol. The monoisotopic (exact) mass is 294 g/mol. The van der Waals surface area contributed by atoms with Crippen molar-refractivity contribution in [1.82, 2.24) is 0 Å². The molecule has 2 rings (SSSR count). The first-order valence-corrected chi connectivity index (χ1v) is 8.05. The van der Waals surface area contributed by atoms with Gasteiger partial charge >= 0.3 is 5.03 Å². The summed E-state index contributed by atoms with van der Waals surface area (Å²) in [5, 5.41) is 10.0. The maximum atomic E-state index is 10.5. The third-order valence-electron chi connectivity index (χ3n) is 3.29. The Balaban J connectivity index is 2.43. The summed E-state index contributed by atoms with van der Waals surface area (Å²) in [6.07, 6.45) is 1.40. The standard InChI is InChI=1S/C15H19NO3S/c1-11-6-7-12(2)14(9-11)10-20(18,19)15-13(3)5-4-8-16(15)17/h4-9H,10H2,1-3H3,(H2-,17,18,19)/p+1. The minimum absolute atomic E-state index is 0.103. The molecule has 0 amide bonds. The molecule has 0 radical (unpaired) electrons. The normalized spacial score (nSPS) is 12.4. The van der Waals surface area contributed by atoms with Crippen LogP contribution in [0.2, 0.25) is 0 Å². The molecule has 1 aromatic heterocycles. The molecule has 0 saturated carbocycles. The van der Waals surface area contributed by atoms with E-state index in [0.29, 0.717) is 5.56 Å². The zero-order valence-electron chi connectivity index (χ0n) is 11.9. The first kappa shape index (κ1) is 14.8. The van der Waals surface area contributed by atoms with Gasteiger partial charge in [-0.3, -0.25) is 14.3 Å². The van der Waals surface area contributed by atoms with Gasteiger partial charge in [0.05, 0.1) is 5.75 Å². The van der Waals surface area contributed by atoms with Crippen LogP contribution in [0.3, 0.4) is 0 Å². The van der Waals surface area contributed by atoms with Crippen molar-refractivity contribution in [2.75, 3.05) is 0 Å². The zero-order chi connectivity index (χ0) is 14.9. The number of hydrogen-bond acceptors (Lipinski definition) is 3. The quantitative estimate of drug-likeness (QED) is 0.600. The van der Waals surface area contributed by atoms with E-state index in [1.165, 1.54) is 6.20 Å². The second-order valence-electron chi connectivity index (χ2n) is 5.08. The van der Waals surface area contributed by atoms with Gasteiger partial charge in [-0.1, -0.05) is 23.8 Å². The van der Waals surface area contributed by atoms with Crippen LogP contribution in [0, 0.1) is 20.8 Å². The maximum Gasteiger partial charge on any atom is 0.347 e. The van der Waals surface area contributed by atoms with E-state index >= 15 is 0 Å². The molecule has 0 aliphatic rings. The number of rotatable bonds is 3. The van der Waals surface area contributed by atoms with Crippen LogP contribution < -0.4 is 4.73 Å². The molecule has 1 heterocycles. The van der Waals surface area contributed by atoms with Crippen molar-refractivity contribution in [3.8, 4) is 0 Å². The van der Waals surface area contributed by atoms with Crippen LogP contribution in [0.4, 0.5) is 0 Å². The van der Waals surface area contributed by atoms with Crippen molar-refractivity contribution in [2.24, 2.45) is 0 Å². The summed E-state index contributed by atoms with van der Waals surface area (Å²) in [7, 11) is -3.10. The van der Waals surface area contributed by atoms with Crippen molar-refractivity contribution in [1.29, 1.82) is 0 Å². The highest BCUT2D eigenvalue weighted by molar-refractivity contribution is 8.23. The van der Waals surface area contributed by atoms with E-state index in [1.807, 2.05) is 32.0 Å². The SMILES string of the molecule is Cc1ccc(C)c(CS(O)(O)c2c(C)ccc[n+]2O)c1. The van der Waals surface area contributed by atoms with Gasteiger partial charge in [0.25, 0.3) is 0 Å². The van der Waals surface area contributed by atoms with E-state index in [9.17, 15) is 14.3 Å². The zero-order valence-corrected chi connectivity index (χ0v) is 12.7. The highest BCUT2D eigenvalue weighted by atomic mass is 32.3. The van der Waals surface area contributed by atoms with Crippen LogP contribution in [0.5, 0.6) is 0 Å². The summed E-state index contributed by atoms with van der Waals surface area (Å²) in [6, 6.07) is 9.31. The van der Waals surface area contributed by atoms with Crippen molar-refractivity contribution in [2.45, 2.75) is 31.6 Å². The molecular formula is C15H20NO3S+. The van der Waals surface area contributed by atoms with Gasteiger partial charge in [-0.25, -0.2) is 0 Å². The molecule has 20 heavy (non-hydrogen) atoms. The van der Waals surface area contributed by atoms with E-state index in [-0.39, 0.29) is 10.8 Å². The summed E-state index contributed by atoms with van der Waals surface area (Å²) in [4.78, 5) is 0. The molecule has 0 aliphatic carbocycles. The largest absolute Gasteiger partial charge is 0.347 e. The molecule has 5 heteroatoms. The minimum atomic E-state index is -3.10. The highest BCUT2D eigenvalue weighted by Gasteiger charge is 2.30. The highest BCUT2D eigenvalue weighted by Crippen LogP contribution is 2.50. The maximum absolute atomic E-state index is 10.5. The predicted octanol–water partition coefficient (Wildman–Crippen LogP) is 3.45. The summed E-state index contributed by atoms with van der Waals surface area (Å²) >= 11 is 0. The van der Waals surface area contributed by atoms with Crippen LogP contribution in [-0.4, -0.2) is 14.3 Å². The lowest BCUT2D eigenvalue weighted by molar-refractivity contribution is -0.933. The molecule has 3 N–H and O–H groups in total. The molecule has 0 fully saturated rings. The first-order valence-electron chi connectivity index (χ1n) is 6.34. The topological polar surface area (TPSA) is 64.6 Å². The van der Waals surface area contributed by atoms with E-state index in [2.05, 4.69) is 0 Å². The van der Waals surface area contributed by atoms with Gasteiger partial charge in [0.1, 0.15) is 0 Å². The molecule has 2 aromatic rings. The fourth-order valence-corrected chi connectivity index (χ4v) is 4.06. The lowest BCUT2D eigenvalue weighted by Crippen LogP contribution is -2.36. The van der Waals surface area contributed by atoms with Crippen LogP contribution in [0.1, 0.15) is 22.3 Å². The van der Waals surface area contributed by atoms with Gasteiger partial charge in [0, 0.05) is 16.4 Å². The average Bonchev–Trinajstić information content (AvgIpc) is 2.33. The van der Waals surface area contributed by atoms with Crippen molar-refractivity contribution >= 4 is 10.6 Å². The molecule has 0 aliphatic heterocycles. The number of benzene rings is 1. The molecule has 0 bridgehead atoms. The van der Waals surface area contributed by atoms with Crippen LogP contribution in [0.15, 0.2) is 41.6 Å². The Morgan fingerprint density at radius 3 is 2.40 bits per heavy atom. The molecule has 0 unspecified atom stereocenters. The van der Waals surface area contributed by atoms with E-state index < -0.39 is 10.6 Å². The second-order valence-corrected chi connectivity index (χ2v) is 7.09. The Hall–Kier alpha value is -1.56. The lowest BCUT2D eigenvalue weighted by atomic mass is 10.1. The van der Waals surface area contributed by atoms with Crippen LogP contribution in [-0.2, 0) is 5.75 Å². The van der Waals surface area contributed by atoms with Gasteiger partial charge in [0.15, 0.2) is 0 Å². The smallest absolute Gasteiger partial charge is 0.290 e. The van der Waals surface area contributed by atoms with Crippen LogP contribution >= 0.6 is 10.6 Å². The molecular weight excluding hydrogens is 274 g/mol. The second kappa shape index (κ2) is 5.44. The third-order valence-corrected chi connectivity index (χ3v) is 5.13. The molecule has 108 valence electrons. The lowest BCUT2D eigenvalue weighted by Gasteiger charge is -2.29. The molecule has 0 atom stereocenters. The number of aryl methyl sites for hydroxylation is 3. The summed E-state index contributed by atoms with van der Waals surface area (Å²) in [5.41, 5.74) is 3.62. The van der Waals surface area contributed by atoms with Crippen molar-refractivity contribution in [3.05, 3.63) is 58.8 Å². The fourth-order valence-electron chi connectivity index (χ4n) is 2.24. The summed E-state index contributed by atoms with van der Waals surface area (Å²) in [6.45, 7) is 5.66. The molecule has 0 spiro atoms. The Labute approximate surface area is 120 Å². The average molecular weight is 294 g/mol. The minimum Gasteiger partial charge on any atom is -0.290 e. The van der Waals surface area contributed by atoms with Gasteiger partial charge in [-0.2, -0.15) is 0 Å². The number of pyridine rings is 1. The number of aromatic nitrogens is 1. The Kier molecular flexibility index (Phi) is 4.04. The summed E-state index contributed by atoms with van der Waals surface area (Å²) in [5.74, 6) is 0.103. The fraction of sp³-hybridized carbons (Fsp3) is 0.267. The van der Waals surface area contributed by atoms with Gasteiger partial charge in [-0.15, -0.1) is 10.6 Å². The summed E-state index contributed by atoms with van der Waals surface area (Å²) < 4.78 is 21.7. The Morgan fingerprint density at radius 1 is 1.05 bits per heavy atom. The molecule has 1 aromatic carbocycles. The van der Waals surface area contributed by atoms with E-state index in [0.717, 1.165) is 21.4 Å². The Bertz CT molecular complexity index is 621. The van der Waals surface area contributed by atoms with Crippen molar-refractivity contribution in [3.63, 3.8) is 0 Å². The third kappa shape index (κ3) is 2.95. The van der Waals surface area contributed by atoms with Crippen LogP contribution in [0.25, 0.3) is 0 Å². The van der Waals surface area contributed by atoms with E-state index in [4.69, 9.17) is 0 Å². The number of hydrogen-bond donors (Lipinski definition) is 3. The van der Waals surface area contributed by atoms with Crippen molar-refractivity contribution < 1.29 is 19.0 Å². The molecule has 4 nitrogen and oxygen atoms in total. The first-order chi connectivity index (χ1) is 9.31. The Morgan fingerprint density at radius 2 is 1.75 bits per heavy atom. The van der Waals surface area contributed by atoms with Gasteiger partial charge in [0.2, 0.25) is 6.20 Å². The van der Waals surface area contributed by atoms with E-state index in [1.54, 1.807) is 19.1 Å². The van der Waals surface area contributed by atoms with Gasteiger partial charge in [-0.05, 0) is 38.0 Å². The number of nitrogens with zero attached hydrogens (tertiary/aromatic N) is 1. The molecule has 0 saturated heterocycles.